The number of aromatic nitrogens is 1. The average molecular weight is 391 g/mol. The second-order valence-electron chi connectivity index (χ2n) is 5.96. The highest BCUT2D eigenvalue weighted by Gasteiger charge is 2.16. The van der Waals surface area contributed by atoms with Crippen LogP contribution in [0.3, 0.4) is 0 Å². The van der Waals surface area contributed by atoms with Crippen molar-refractivity contribution in [1.29, 1.82) is 0 Å². The first-order valence-electron chi connectivity index (χ1n) is 8.53. The van der Waals surface area contributed by atoms with Gasteiger partial charge in [-0.25, -0.2) is 9.78 Å². The van der Waals surface area contributed by atoms with Gasteiger partial charge in [-0.2, -0.15) is 0 Å². The van der Waals surface area contributed by atoms with Crippen molar-refractivity contribution in [3.05, 3.63) is 53.2 Å². The highest BCUT2D eigenvalue weighted by Crippen LogP contribution is 2.17. The van der Waals surface area contributed by atoms with Gasteiger partial charge in [-0.3, -0.25) is 4.79 Å². The fourth-order valence-electron chi connectivity index (χ4n) is 2.50. The number of carbonyl (C=O) groups excluding carboxylic acids is 2. The number of esters is 1. The van der Waals surface area contributed by atoms with Crippen LogP contribution in [0.2, 0.25) is 5.02 Å². The molecule has 1 saturated heterocycles. The van der Waals surface area contributed by atoms with Gasteiger partial charge in [-0.05, 0) is 49.2 Å². The summed E-state index contributed by atoms with van der Waals surface area (Å²) < 4.78 is 16.1. The molecule has 0 aliphatic carbocycles. The Bertz CT molecular complexity index is 774. The van der Waals surface area contributed by atoms with E-state index in [2.05, 4.69) is 10.3 Å². The van der Waals surface area contributed by atoms with Crippen LogP contribution in [0.25, 0.3) is 0 Å². The predicted molar refractivity (Wildman–Crippen MR) is 99.1 cm³/mol. The zero-order valence-corrected chi connectivity index (χ0v) is 15.3. The largest absolute Gasteiger partial charge is 0.491 e. The van der Waals surface area contributed by atoms with Gasteiger partial charge in [0, 0.05) is 12.8 Å². The summed E-state index contributed by atoms with van der Waals surface area (Å²) in [6.45, 7) is 0.851. The molecule has 1 atom stereocenters. The fourth-order valence-corrected chi connectivity index (χ4v) is 2.61. The summed E-state index contributed by atoms with van der Waals surface area (Å²) in [5, 5.41) is 2.97. The first-order valence-corrected chi connectivity index (χ1v) is 8.91. The minimum Gasteiger partial charge on any atom is -0.491 e. The Morgan fingerprint density at radius 3 is 2.70 bits per heavy atom. The Kier molecular flexibility index (Phi) is 6.62. The van der Waals surface area contributed by atoms with E-state index in [4.69, 9.17) is 25.8 Å². The van der Waals surface area contributed by atoms with Gasteiger partial charge in [-0.15, -0.1) is 0 Å². The molecule has 142 valence electrons. The molecule has 1 N–H and O–H groups in total. The van der Waals surface area contributed by atoms with Crippen molar-refractivity contribution in [2.75, 3.05) is 25.1 Å². The monoisotopic (exact) mass is 390 g/mol. The number of hydrogen-bond acceptors (Lipinski definition) is 6. The molecule has 1 fully saturated rings. The van der Waals surface area contributed by atoms with Crippen molar-refractivity contribution in [1.82, 2.24) is 4.98 Å². The molecule has 1 unspecified atom stereocenters. The van der Waals surface area contributed by atoms with E-state index in [1.54, 1.807) is 36.4 Å². The number of halogens is 1. The number of nitrogens with zero attached hydrogens (tertiary/aromatic N) is 1. The molecule has 1 aliphatic heterocycles. The van der Waals surface area contributed by atoms with Crippen molar-refractivity contribution >= 4 is 29.3 Å². The normalized spacial score (nSPS) is 16.0. The first-order chi connectivity index (χ1) is 13.1. The van der Waals surface area contributed by atoms with Gasteiger partial charge in [0.15, 0.2) is 6.61 Å². The number of pyridine rings is 1. The van der Waals surface area contributed by atoms with Gasteiger partial charge in [0.2, 0.25) is 0 Å². The molecule has 0 bridgehead atoms. The maximum Gasteiger partial charge on any atom is 0.338 e. The molecule has 7 nitrogen and oxygen atoms in total. The molecule has 0 spiro atoms. The first kappa shape index (κ1) is 19.1. The molecule has 3 rings (SSSR count). The summed E-state index contributed by atoms with van der Waals surface area (Å²) in [7, 11) is 0. The molecule has 1 aromatic heterocycles. The lowest BCUT2D eigenvalue weighted by atomic mass is 10.2. The molecule has 1 aromatic carbocycles. The third-order valence-electron chi connectivity index (χ3n) is 3.88. The van der Waals surface area contributed by atoms with Crippen LogP contribution in [0.15, 0.2) is 42.6 Å². The number of amides is 1. The van der Waals surface area contributed by atoms with Crippen molar-refractivity contribution in [3.8, 4) is 5.75 Å². The molecule has 0 radical (unpaired) electrons. The number of carbonyl (C=O) groups is 2. The topological polar surface area (TPSA) is 86.8 Å². The zero-order valence-electron chi connectivity index (χ0n) is 14.5. The Morgan fingerprint density at radius 2 is 2.04 bits per heavy atom. The number of nitrogens with one attached hydrogen (secondary N) is 1. The number of anilines is 1. The van der Waals surface area contributed by atoms with Gasteiger partial charge in [0.1, 0.15) is 18.2 Å². The van der Waals surface area contributed by atoms with E-state index in [1.807, 2.05) is 0 Å². The molecular weight excluding hydrogens is 372 g/mol. The molecule has 0 saturated carbocycles. The third-order valence-corrected chi connectivity index (χ3v) is 4.10. The Balaban J connectivity index is 1.43. The molecule has 27 heavy (non-hydrogen) atoms. The second-order valence-corrected chi connectivity index (χ2v) is 6.39. The van der Waals surface area contributed by atoms with Crippen LogP contribution in [0.5, 0.6) is 5.75 Å². The maximum absolute atomic E-state index is 12.0. The van der Waals surface area contributed by atoms with Crippen LogP contribution in [0.4, 0.5) is 5.82 Å². The van der Waals surface area contributed by atoms with Crippen molar-refractivity contribution < 1.29 is 23.8 Å². The highest BCUT2D eigenvalue weighted by atomic mass is 35.5. The maximum atomic E-state index is 12.0. The average Bonchev–Trinajstić information content (AvgIpc) is 3.20. The second kappa shape index (κ2) is 9.34. The number of rotatable bonds is 7. The molecule has 2 heterocycles. The fraction of sp³-hybridized carbons (Fsp3) is 0.316. The number of ether oxygens (including phenoxy) is 3. The summed E-state index contributed by atoms with van der Waals surface area (Å²) in [4.78, 5) is 27.8. The van der Waals surface area contributed by atoms with Crippen LogP contribution in [0, 0.1) is 0 Å². The van der Waals surface area contributed by atoms with E-state index in [0.29, 0.717) is 28.8 Å². The molecule has 1 amide bonds. The summed E-state index contributed by atoms with van der Waals surface area (Å²) in [5.41, 5.74) is 0.330. The molecule has 1 aliphatic rings. The van der Waals surface area contributed by atoms with Crippen LogP contribution in [-0.2, 0) is 14.3 Å². The number of hydrogen-bond donors (Lipinski definition) is 1. The predicted octanol–water partition coefficient (Wildman–Crippen LogP) is 3.09. The quantitative estimate of drug-likeness (QED) is 0.731. The van der Waals surface area contributed by atoms with Gasteiger partial charge >= 0.3 is 5.97 Å². The van der Waals surface area contributed by atoms with E-state index in [1.165, 1.54) is 6.20 Å². The molecular formula is C19H19ClN2O5. The van der Waals surface area contributed by atoms with Gasteiger partial charge in [-0.1, -0.05) is 11.6 Å². The lowest BCUT2D eigenvalue weighted by Gasteiger charge is -2.11. The van der Waals surface area contributed by atoms with E-state index >= 15 is 0 Å². The van der Waals surface area contributed by atoms with E-state index < -0.39 is 18.5 Å². The lowest BCUT2D eigenvalue weighted by molar-refractivity contribution is -0.119. The van der Waals surface area contributed by atoms with Crippen molar-refractivity contribution in [3.63, 3.8) is 0 Å². The number of benzene rings is 1. The third kappa shape index (κ3) is 5.94. The Labute approximate surface area is 161 Å². The SMILES string of the molecule is O=C(COC(=O)c1ccc(OCC2CCCO2)cc1)Nc1ccc(Cl)cn1. The van der Waals surface area contributed by atoms with E-state index in [-0.39, 0.29) is 6.10 Å². The highest BCUT2D eigenvalue weighted by molar-refractivity contribution is 6.30. The lowest BCUT2D eigenvalue weighted by Crippen LogP contribution is -2.21. The minimum absolute atomic E-state index is 0.128. The van der Waals surface area contributed by atoms with Crippen molar-refractivity contribution in [2.45, 2.75) is 18.9 Å². The van der Waals surface area contributed by atoms with Crippen LogP contribution in [-0.4, -0.2) is 42.8 Å². The Hall–Kier alpha value is -2.64. The van der Waals surface area contributed by atoms with Crippen LogP contribution >= 0.6 is 11.6 Å². The van der Waals surface area contributed by atoms with Gasteiger partial charge in [0.05, 0.1) is 16.7 Å². The van der Waals surface area contributed by atoms with Gasteiger partial charge in [0.25, 0.3) is 5.91 Å². The Morgan fingerprint density at radius 1 is 1.22 bits per heavy atom. The van der Waals surface area contributed by atoms with E-state index in [0.717, 1.165) is 19.4 Å². The summed E-state index contributed by atoms with van der Waals surface area (Å²) >= 11 is 5.72. The standard InChI is InChI=1S/C19H19ClN2O5/c20-14-5-8-17(21-10-14)22-18(23)12-27-19(24)13-3-6-15(7-4-13)26-11-16-2-1-9-25-16/h3-8,10,16H,1-2,9,11-12H2,(H,21,22,23). The smallest absolute Gasteiger partial charge is 0.338 e. The van der Waals surface area contributed by atoms with Crippen LogP contribution < -0.4 is 10.1 Å². The zero-order chi connectivity index (χ0) is 19.1. The van der Waals surface area contributed by atoms with Crippen LogP contribution in [0.1, 0.15) is 23.2 Å². The summed E-state index contributed by atoms with van der Waals surface area (Å²) in [5.74, 6) is -0.114. The van der Waals surface area contributed by atoms with E-state index in [9.17, 15) is 9.59 Å². The van der Waals surface area contributed by atoms with Crippen molar-refractivity contribution in [2.24, 2.45) is 0 Å². The van der Waals surface area contributed by atoms with Gasteiger partial charge < -0.3 is 19.5 Å². The molecule has 8 heteroatoms. The summed E-state index contributed by atoms with van der Waals surface area (Å²) in [6.07, 6.45) is 3.59. The molecule has 2 aromatic rings. The minimum atomic E-state index is -0.597. The summed E-state index contributed by atoms with van der Waals surface area (Å²) in [6, 6.07) is 9.69.